The van der Waals surface area contributed by atoms with E-state index in [4.69, 9.17) is 11.6 Å². The fraction of sp³-hybridized carbons (Fsp3) is 0.0769. The number of aromatic nitrogens is 1. The first-order chi connectivity index (χ1) is 8.15. The maximum absolute atomic E-state index is 11.9. The van der Waals surface area contributed by atoms with Crippen LogP contribution in [0.15, 0.2) is 42.6 Å². The third-order valence-electron chi connectivity index (χ3n) is 2.29. The van der Waals surface area contributed by atoms with Crippen molar-refractivity contribution in [3.8, 4) is 0 Å². The van der Waals surface area contributed by atoms with Crippen molar-refractivity contribution in [3.63, 3.8) is 0 Å². The molecule has 0 radical (unpaired) electrons. The number of Topliss-reactive ketones (excluding diaryl/α,β-unsaturated/α-hetero) is 1. The summed E-state index contributed by atoms with van der Waals surface area (Å²) >= 11 is 7.95. The Morgan fingerprint density at radius 1 is 1.18 bits per heavy atom. The van der Waals surface area contributed by atoms with E-state index in [1.807, 2.05) is 24.3 Å². The number of hydrogen-bond acceptors (Lipinski definition) is 2. The Labute approximate surface area is 118 Å². The molecule has 0 atom stereocenters. The molecule has 0 N–H and O–H groups in total. The third-order valence-corrected chi connectivity index (χ3v) is 3.23. The quantitative estimate of drug-likeness (QED) is 0.618. The fourth-order valence-corrected chi connectivity index (χ4v) is 1.89. The van der Waals surface area contributed by atoms with Crippen LogP contribution in [0.5, 0.6) is 0 Å². The highest BCUT2D eigenvalue weighted by Gasteiger charge is 2.08. The highest BCUT2D eigenvalue weighted by Crippen LogP contribution is 2.11. The summed E-state index contributed by atoms with van der Waals surface area (Å²) in [6, 6.07) is 11.2. The van der Waals surface area contributed by atoms with Gasteiger partial charge in [-0.1, -0.05) is 23.7 Å². The van der Waals surface area contributed by atoms with Gasteiger partial charge in [-0.25, -0.2) is 0 Å². The first-order valence-corrected chi connectivity index (χ1v) is 6.50. The average Bonchev–Trinajstić information content (AvgIpc) is 2.33. The zero-order valence-electron chi connectivity index (χ0n) is 8.86. The fourth-order valence-electron chi connectivity index (χ4n) is 1.42. The van der Waals surface area contributed by atoms with Gasteiger partial charge < -0.3 is 0 Å². The number of nitrogens with zero attached hydrogens (tertiary/aromatic N) is 1. The van der Waals surface area contributed by atoms with E-state index in [1.54, 1.807) is 12.1 Å². The normalized spacial score (nSPS) is 10.2. The summed E-state index contributed by atoms with van der Waals surface area (Å²) in [5.41, 5.74) is 1.44. The lowest BCUT2D eigenvalue weighted by Crippen LogP contribution is -2.05. The number of ketones is 1. The zero-order chi connectivity index (χ0) is 12.3. The van der Waals surface area contributed by atoms with Crippen molar-refractivity contribution in [1.29, 1.82) is 0 Å². The largest absolute Gasteiger partial charge is 0.292 e. The van der Waals surface area contributed by atoms with Crippen LogP contribution in [0, 0.1) is 3.57 Å². The van der Waals surface area contributed by atoms with E-state index < -0.39 is 0 Å². The molecule has 0 aliphatic rings. The summed E-state index contributed by atoms with van der Waals surface area (Å²) in [7, 11) is 0. The monoisotopic (exact) mass is 357 g/mol. The molecule has 2 aromatic rings. The van der Waals surface area contributed by atoms with Crippen molar-refractivity contribution in [2.75, 3.05) is 0 Å². The third kappa shape index (κ3) is 3.51. The molecule has 17 heavy (non-hydrogen) atoms. The van der Waals surface area contributed by atoms with E-state index in [-0.39, 0.29) is 5.78 Å². The minimum Gasteiger partial charge on any atom is -0.292 e. The summed E-state index contributed by atoms with van der Waals surface area (Å²) in [5.74, 6) is 0.00266. The van der Waals surface area contributed by atoms with Gasteiger partial charge in [0, 0.05) is 16.2 Å². The summed E-state index contributed by atoms with van der Waals surface area (Å²) < 4.78 is 1.16. The molecule has 0 amide bonds. The first-order valence-electron chi connectivity index (χ1n) is 5.04. The molecule has 0 saturated heterocycles. The Morgan fingerprint density at radius 3 is 2.47 bits per heavy atom. The van der Waals surface area contributed by atoms with Crippen LogP contribution in [0.25, 0.3) is 0 Å². The second-order valence-corrected chi connectivity index (χ2v) is 5.27. The highest BCUT2D eigenvalue weighted by atomic mass is 127. The van der Waals surface area contributed by atoms with Crippen molar-refractivity contribution in [2.24, 2.45) is 0 Å². The van der Waals surface area contributed by atoms with Crippen LogP contribution in [0.1, 0.15) is 16.1 Å². The molecular formula is C13H9ClINO. The van der Waals surface area contributed by atoms with E-state index in [0.29, 0.717) is 17.1 Å². The number of carbonyl (C=O) groups is 1. The number of carbonyl (C=O) groups excluding carboxylic acids is 1. The lowest BCUT2D eigenvalue weighted by molar-refractivity contribution is 0.0988. The van der Waals surface area contributed by atoms with Gasteiger partial charge in [-0.05, 0) is 52.4 Å². The molecule has 0 bridgehead atoms. The average molecular weight is 358 g/mol. The molecule has 0 aliphatic carbocycles. The topological polar surface area (TPSA) is 30.0 Å². The number of benzene rings is 1. The van der Waals surface area contributed by atoms with E-state index in [9.17, 15) is 4.79 Å². The summed E-state index contributed by atoms with van der Waals surface area (Å²) in [4.78, 5) is 15.9. The Hall–Kier alpha value is -0.940. The molecule has 0 saturated carbocycles. The molecule has 1 aromatic carbocycles. The Morgan fingerprint density at radius 2 is 1.88 bits per heavy atom. The smallest absolute Gasteiger partial charge is 0.185 e. The highest BCUT2D eigenvalue weighted by molar-refractivity contribution is 14.1. The van der Waals surface area contributed by atoms with E-state index in [2.05, 4.69) is 27.6 Å². The van der Waals surface area contributed by atoms with Gasteiger partial charge in [0.2, 0.25) is 0 Å². The molecule has 0 unspecified atom stereocenters. The summed E-state index contributed by atoms with van der Waals surface area (Å²) in [6.07, 6.45) is 1.86. The molecule has 2 rings (SSSR count). The van der Waals surface area contributed by atoms with Gasteiger partial charge in [0.1, 0.15) is 5.69 Å². The van der Waals surface area contributed by atoms with Gasteiger partial charge in [0.15, 0.2) is 5.78 Å². The van der Waals surface area contributed by atoms with Crippen LogP contribution in [0.4, 0.5) is 0 Å². The number of halogens is 2. The lowest BCUT2D eigenvalue weighted by Gasteiger charge is -2.01. The van der Waals surface area contributed by atoms with Crippen molar-refractivity contribution in [2.45, 2.75) is 6.42 Å². The molecule has 4 heteroatoms. The van der Waals surface area contributed by atoms with Crippen LogP contribution in [-0.4, -0.2) is 10.8 Å². The number of pyridine rings is 1. The molecule has 1 aromatic heterocycles. The Bertz CT molecular complexity index is 522. The molecular weight excluding hydrogens is 349 g/mol. The Balaban J connectivity index is 2.11. The molecule has 0 spiro atoms. The van der Waals surface area contributed by atoms with Gasteiger partial charge in [0.05, 0.1) is 5.02 Å². The van der Waals surface area contributed by atoms with Crippen molar-refractivity contribution >= 4 is 40.0 Å². The van der Waals surface area contributed by atoms with E-state index in [0.717, 1.165) is 9.13 Å². The Kier molecular flexibility index (Phi) is 4.12. The minimum absolute atomic E-state index is 0.00266. The minimum atomic E-state index is 0.00266. The number of rotatable bonds is 3. The lowest BCUT2D eigenvalue weighted by atomic mass is 10.1. The van der Waals surface area contributed by atoms with E-state index >= 15 is 0 Å². The van der Waals surface area contributed by atoms with Crippen LogP contribution >= 0.6 is 34.2 Å². The van der Waals surface area contributed by atoms with Gasteiger partial charge in [-0.3, -0.25) is 9.78 Å². The maximum atomic E-state index is 11.9. The maximum Gasteiger partial charge on any atom is 0.185 e. The second-order valence-electron chi connectivity index (χ2n) is 3.59. The van der Waals surface area contributed by atoms with Gasteiger partial charge >= 0.3 is 0 Å². The van der Waals surface area contributed by atoms with Crippen molar-refractivity contribution in [1.82, 2.24) is 4.98 Å². The SMILES string of the molecule is O=C(Cc1ccc(I)cc1)c1ccc(Cl)cn1. The van der Waals surface area contributed by atoms with Crippen LogP contribution in [0.3, 0.4) is 0 Å². The van der Waals surface area contributed by atoms with Crippen LogP contribution in [-0.2, 0) is 6.42 Å². The van der Waals surface area contributed by atoms with Gasteiger partial charge in [-0.2, -0.15) is 0 Å². The molecule has 2 nitrogen and oxygen atoms in total. The van der Waals surface area contributed by atoms with Crippen LogP contribution < -0.4 is 0 Å². The van der Waals surface area contributed by atoms with E-state index in [1.165, 1.54) is 6.20 Å². The molecule has 1 heterocycles. The second kappa shape index (κ2) is 5.60. The molecule has 0 aliphatic heterocycles. The number of hydrogen-bond donors (Lipinski definition) is 0. The van der Waals surface area contributed by atoms with Crippen LogP contribution in [0.2, 0.25) is 5.02 Å². The van der Waals surface area contributed by atoms with Crippen molar-refractivity contribution in [3.05, 3.63) is 62.4 Å². The molecule has 0 fully saturated rings. The predicted molar refractivity (Wildman–Crippen MR) is 76.4 cm³/mol. The van der Waals surface area contributed by atoms with Gasteiger partial charge in [0.25, 0.3) is 0 Å². The summed E-state index contributed by atoms with van der Waals surface area (Å²) in [5, 5.41) is 0.538. The summed E-state index contributed by atoms with van der Waals surface area (Å²) in [6.45, 7) is 0. The standard InChI is InChI=1S/C13H9ClINO/c14-10-3-6-12(16-8-10)13(17)7-9-1-4-11(15)5-2-9/h1-6,8H,7H2. The molecule has 86 valence electrons. The predicted octanol–water partition coefficient (Wildman–Crippen LogP) is 3.77. The van der Waals surface area contributed by atoms with Crippen molar-refractivity contribution < 1.29 is 4.79 Å². The zero-order valence-corrected chi connectivity index (χ0v) is 11.8. The first kappa shape index (κ1) is 12.5. The van der Waals surface area contributed by atoms with Gasteiger partial charge in [-0.15, -0.1) is 0 Å².